The van der Waals surface area contributed by atoms with Crippen LogP contribution in [-0.2, 0) is 11.3 Å². The van der Waals surface area contributed by atoms with Crippen LogP contribution in [0.1, 0.15) is 30.3 Å². The Morgan fingerprint density at radius 3 is 2.56 bits per heavy atom. The summed E-state index contributed by atoms with van der Waals surface area (Å²) in [6.07, 6.45) is 0.553. The van der Waals surface area contributed by atoms with Gasteiger partial charge in [-0.05, 0) is 42.7 Å². The first-order valence-corrected chi connectivity index (χ1v) is 12.6. The predicted molar refractivity (Wildman–Crippen MR) is 138 cm³/mol. The number of rotatable bonds is 9. The number of likely N-dealkylation sites (tertiary alicyclic amines) is 1. The summed E-state index contributed by atoms with van der Waals surface area (Å²) in [6, 6.07) is 11.4. The highest BCUT2D eigenvalue weighted by Gasteiger charge is 2.25. The number of nitrogens with zero attached hydrogens (tertiary/aromatic N) is 5. The average molecular weight is 540 g/mol. The van der Waals surface area contributed by atoms with Gasteiger partial charge in [0.2, 0.25) is 18.1 Å². The Bertz CT molecular complexity index is 1600. The van der Waals surface area contributed by atoms with Crippen LogP contribution in [0.4, 0.5) is 8.78 Å². The van der Waals surface area contributed by atoms with Crippen LogP contribution in [-0.4, -0.2) is 63.1 Å². The van der Waals surface area contributed by atoms with Gasteiger partial charge in [-0.25, -0.2) is 13.6 Å². The van der Waals surface area contributed by atoms with Gasteiger partial charge in [0.25, 0.3) is 5.56 Å². The van der Waals surface area contributed by atoms with Gasteiger partial charge >= 0.3 is 5.69 Å². The maximum atomic E-state index is 13.8. The van der Waals surface area contributed by atoms with Crippen LogP contribution in [0.5, 0.6) is 5.75 Å². The fraction of sp³-hybridized carbons (Fsp3) is 0.370. The first-order chi connectivity index (χ1) is 18.9. The molecule has 1 amide bonds. The second kappa shape index (κ2) is 11.2. The molecule has 5 rings (SSSR count). The third-order valence-electron chi connectivity index (χ3n) is 6.85. The number of piperidine rings is 1. The highest BCUT2D eigenvalue weighted by molar-refractivity contribution is 5.80. The Balaban J connectivity index is 1.61. The molecule has 0 aliphatic carbocycles. The fourth-order valence-corrected chi connectivity index (χ4v) is 4.88. The van der Waals surface area contributed by atoms with E-state index in [1.165, 1.54) is 12.1 Å². The second-order valence-corrected chi connectivity index (χ2v) is 9.48. The molecule has 2 aromatic heterocycles. The number of carbonyl (C=O) groups excluding carboxylic acids is 1. The van der Waals surface area contributed by atoms with Gasteiger partial charge in [0.1, 0.15) is 19.1 Å². The summed E-state index contributed by atoms with van der Waals surface area (Å²) in [5, 5.41) is 4.12. The van der Waals surface area contributed by atoms with Crippen LogP contribution >= 0.6 is 0 Å². The van der Waals surface area contributed by atoms with Gasteiger partial charge < -0.3 is 14.2 Å². The summed E-state index contributed by atoms with van der Waals surface area (Å²) < 4.78 is 39.4. The minimum atomic E-state index is -1.29. The number of carbonyl (C=O) groups is 1. The maximum Gasteiger partial charge on any atom is 0.332 e. The Morgan fingerprint density at radius 2 is 1.90 bits per heavy atom. The molecule has 0 saturated carbocycles. The molecular weight excluding hydrogens is 512 g/mol. The van der Waals surface area contributed by atoms with E-state index < -0.39 is 30.7 Å². The van der Waals surface area contributed by atoms with Crippen LogP contribution in [0, 0.1) is 6.92 Å². The van der Waals surface area contributed by atoms with Crippen molar-refractivity contribution in [1.29, 1.82) is 0 Å². The standard InChI is InChI=1S/C27H27F2N5O5/c1-17-30-25(31-39-17)19-4-2-3-18(11-19)15-33-26(36)23-12-21(38-22(13-28)14-29)5-6-24(23)34(27(33)37)20-7-9-32(16-35)10-8-20/h2-6,11-12,16,20,22H,7-10,13-15H2,1H3. The van der Waals surface area contributed by atoms with Gasteiger partial charge in [-0.15, -0.1) is 0 Å². The van der Waals surface area contributed by atoms with Crippen molar-refractivity contribution in [2.24, 2.45) is 0 Å². The second-order valence-electron chi connectivity index (χ2n) is 9.48. The average Bonchev–Trinajstić information content (AvgIpc) is 3.41. The molecule has 2 aromatic carbocycles. The molecular formula is C27H27F2N5O5. The molecule has 1 aliphatic heterocycles. The molecule has 0 atom stereocenters. The molecule has 39 heavy (non-hydrogen) atoms. The summed E-state index contributed by atoms with van der Waals surface area (Å²) in [5.41, 5.74) is 0.681. The van der Waals surface area contributed by atoms with Crippen LogP contribution in [0.3, 0.4) is 0 Å². The van der Waals surface area contributed by atoms with Crippen molar-refractivity contribution in [3.05, 3.63) is 74.8 Å². The van der Waals surface area contributed by atoms with E-state index in [4.69, 9.17) is 9.26 Å². The summed E-state index contributed by atoms with van der Waals surface area (Å²) in [7, 11) is 0. The summed E-state index contributed by atoms with van der Waals surface area (Å²) in [5.74, 6) is 0.920. The molecule has 0 unspecified atom stereocenters. The molecule has 1 fully saturated rings. The van der Waals surface area contributed by atoms with Gasteiger partial charge in [0, 0.05) is 31.6 Å². The third-order valence-corrected chi connectivity index (χ3v) is 6.85. The van der Waals surface area contributed by atoms with E-state index in [1.54, 1.807) is 46.7 Å². The highest BCUT2D eigenvalue weighted by Crippen LogP contribution is 2.26. The zero-order valence-corrected chi connectivity index (χ0v) is 21.3. The van der Waals surface area contributed by atoms with Crippen molar-refractivity contribution in [2.75, 3.05) is 26.4 Å². The van der Waals surface area contributed by atoms with Crippen molar-refractivity contribution >= 4 is 17.3 Å². The normalized spacial score (nSPS) is 14.3. The highest BCUT2D eigenvalue weighted by atomic mass is 19.1. The molecule has 1 saturated heterocycles. The predicted octanol–water partition coefficient (Wildman–Crippen LogP) is 3.05. The molecule has 204 valence electrons. The summed E-state index contributed by atoms with van der Waals surface area (Å²) in [6.45, 7) is 0.548. The number of ether oxygens (including phenoxy) is 1. The van der Waals surface area contributed by atoms with Crippen LogP contribution in [0.25, 0.3) is 22.3 Å². The molecule has 12 heteroatoms. The number of aromatic nitrogens is 4. The van der Waals surface area contributed by atoms with Gasteiger partial charge in [0.15, 0.2) is 6.10 Å². The Hall–Kier alpha value is -4.35. The number of amides is 1. The monoisotopic (exact) mass is 539 g/mol. The lowest BCUT2D eigenvalue weighted by atomic mass is 10.0. The van der Waals surface area contributed by atoms with E-state index in [2.05, 4.69) is 10.1 Å². The van der Waals surface area contributed by atoms with Gasteiger partial charge in [-0.1, -0.05) is 23.4 Å². The van der Waals surface area contributed by atoms with E-state index >= 15 is 0 Å². The molecule has 3 heterocycles. The molecule has 4 aromatic rings. The third kappa shape index (κ3) is 5.31. The molecule has 0 spiro atoms. The van der Waals surface area contributed by atoms with E-state index in [0.717, 1.165) is 11.0 Å². The zero-order valence-electron chi connectivity index (χ0n) is 21.3. The number of fused-ring (bicyclic) bond motifs is 1. The van der Waals surface area contributed by atoms with Gasteiger partial charge in [-0.3, -0.25) is 18.7 Å². The SMILES string of the molecule is Cc1nc(-c2cccc(Cn3c(=O)c4cc(OC(CF)CF)ccc4n(C4CCN(C=O)CC4)c3=O)c2)no1. The van der Waals surface area contributed by atoms with Crippen LogP contribution < -0.4 is 16.0 Å². The first kappa shape index (κ1) is 26.3. The van der Waals surface area contributed by atoms with Crippen molar-refractivity contribution in [1.82, 2.24) is 24.2 Å². The minimum absolute atomic E-state index is 0.0336. The largest absolute Gasteiger partial charge is 0.485 e. The lowest BCUT2D eigenvalue weighted by Gasteiger charge is -2.31. The minimum Gasteiger partial charge on any atom is -0.485 e. The van der Waals surface area contributed by atoms with Crippen molar-refractivity contribution in [3.8, 4) is 17.1 Å². The van der Waals surface area contributed by atoms with Crippen molar-refractivity contribution in [3.63, 3.8) is 0 Å². The molecule has 0 radical (unpaired) electrons. The maximum absolute atomic E-state index is 13.8. The quantitative estimate of drug-likeness (QED) is 0.301. The van der Waals surface area contributed by atoms with Crippen molar-refractivity contribution in [2.45, 2.75) is 38.5 Å². The number of halogens is 2. The fourth-order valence-electron chi connectivity index (χ4n) is 4.88. The first-order valence-electron chi connectivity index (χ1n) is 12.6. The molecule has 10 nitrogen and oxygen atoms in total. The van der Waals surface area contributed by atoms with Gasteiger partial charge in [-0.2, -0.15) is 4.98 Å². The molecule has 0 bridgehead atoms. The van der Waals surface area contributed by atoms with Gasteiger partial charge in [0.05, 0.1) is 17.4 Å². The van der Waals surface area contributed by atoms with E-state index in [-0.39, 0.29) is 23.7 Å². The Kier molecular flexibility index (Phi) is 7.53. The topological polar surface area (TPSA) is 112 Å². The van der Waals surface area contributed by atoms with Crippen LogP contribution in [0.2, 0.25) is 0 Å². The lowest BCUT2D eigenvalue weighted by molar-refractivity contribution is -0.119. The number of hydrogen-bond donors (Lipinski definition) is 0. The lowest BCUT2D eigenvalue weighted by Crippen LogP contribution is -2.44. The number of alkyl halides is 2. The van der Waals surface area contributed by atoms with E-state index in [1.807, 2.05) is 0 Å². The summed E-state index contributed by atoms with van der Waals surface area (Å²) >= 11 is 0. The smallest absolute Gasteiger partial charge is 0.332 e. The van der Waals surface area contributed by atoms with Crippen molar-refractivity contribution < 1.29 is 22.8 Å². The van der Waals surface area contributed by atoms with E-state index in [9.17, 15) is 23.2 Å². The zero-order chi connectivity index (χ0) is 27.5. The number of aryl methyl sites for hydroxylation is 1. The Labute approximate surface area is 221 Å². The molecule has 1 aliphatic rings. The van der Waals surface area contributed by atoms with E-state index in [0.29, 0.717) is 54.3 Å². The number of hydrogen-bond acceptors (Lipinski definition) is 7. The number of benzene rings is 2. The summed E-state index contributed by atoms with van der Waals surface area (Å²) in [4.78, 5) is 44.6. The Morgan fingerprint density at radius 1 is 1.13 bits per heavy atom. The van der Waals surface area contributed by atoms with Crippen LogP contribution in [0.15, 0.2) is 56.6 Å². The molecule has 0 N–H and O–H groups in total.